The second kappa shape index (κ2) is 39.7. The zero-order valence-corrected chi connectivity index (χ0v) is 67.9. The summed E-state index contributed by atoms with van der Waals surface area (Å²) >= 11 is 2.48. The number of aliphatic hydroxyl groups excluding tert-OH is 2. The molecule has 1 saturated heterocycles. The van der Waals surface area contributed by atoms with Gasteiger partial charge in [0.15, 0.2) is 0 Å². The SMILES string of the molecule is CC(=O)N[C@H]1CSCc2cccc(c2)CSC[C@H](C(N)=O)NC(=O)[C@H]([C@H](C)O)NC(=O)[C@](C)(C(C)C)NC(=O)[C@H](Cc2ccc(OP(=O)(O)O)cc2)NC(=O)[C@H](C)NC(=O)C(C)(C)NC(=O)[C@H](Cc2c[nH]c3ncccc23)NC(=O)[C@H]([C@@H](C)O)NC(=O)[C@@H]2CCCN2C(=O)[C@H](Cc2ccc(O)cc2)NC(=O)[C@H](C(C)(C)C)NC1=O. The Balaban J connectivity index is 1.24. The molecule has 7 rings (SSSR count). The molecule has 620 valence electrons. The van der Waals surface area contributed by atoms with E-state index in [-0.39, 0.29) is 66.5 Å². The third-order valence-corrected chi connectivity index (χ3v) is 22.0. The molecule has 0 radical (unpaired) electrons. The number of phosphoric ester groups is 1. The first-order valence-corrected chi connectivity index (χ1v) is 40.8. The number of nitrogens with two attached hydrogens (primary N) is 1. The number of hydrogen-bond donors (Lipinski definition) is 18. The van der Waals surface area contributed by atoms with Crippen molar-refractivity contribution in [3.63, 3.8) is 0 Å². The highest BCUT2D eigenvalue weighted by atomic mass is 32.2. The standard InChI is InChI=1S/C76H104N15O20PS2/c1-39(2)76(12)73(107)87-59(42(5)93)69(103)85-55(61(77)96)37-113-35-46-16-13-17-47(30-46)36-114-38-56(81-43(6)94)64(98)88-60(74(7,8)9)70(104)84-54(32-44-20-24-49(95)25-21-44)71(105)91-29-15-19-57(91)67(101)86-58(41(4)92)68(102)83-53(33-48-34-79-62-51(48)18-14-28-78-62)65(99)89-75(10,11)72(106)80-40(3)63(97)82-52(66(100)90-76)31-45-22-26-50(27-23-45)111-112(108,109)110/h13-14,16-18,20-28,30,34,39-42,52-60,92-93,95H,15,19,29,31-33,35-38H2,1-12H3,(H2,77,96)(H,78,79)(H,80,106)(H,81,94)(H,82,97)(H,83,102)(H,84,104)(H,85,103)(H,86,101)(H,87,107)(H,88,98)(H,89,99)(H,90,100)(H2,108,109,110)/t40-,41+,42-,52-,53-,54-,55+,56-,57-,58-,59-,60+,76-/m0/s1. The molecule has 4 heterocycles. The predicted molar refractivity (Wildman–Crippen MR) is 422 cm³/mol. The van der Waals surface area contributed by atoms with Crippen molar-refractivity contribution >= 4 is 119 Å². The Morgan fingerprint density at radius 3 is 1.82 bits per heavy atom. The van der Waals surface area contributed by atoms with E-state index in [0.29, 0.717) is 27.9 Å². The van der Waals surface area contributed by atoms with E-state index < -0.39 is 186 Å². The van der Waals surface area contributed by atoms with E-state index >= 15 is 4.79 Å². The zero-order valence-electron chi connectivity index (χ0n) is 65.4. The number of H-pyrrole nitrogens is 1. The van der Waals surface area contributed by atoms with Crippen LogP contribution in [0.1, 0.15) is 124 Å². The van der Waals surface area contributed by atoms with E-state index in [2.05, 4.69) is 73.0 Å². The van der Waals surface area contributed by atoms with Gasteiger partial charge in [-0.3, -0.25) is 72.1 Å². The van der Waals surface area contributed by atoms with E-state index in [9.17, 15) is 87.2 Å². The Hall–Kier alpha value is -10.2. The first-order chi connectivity index (χ1) is 53.3. The van der Waals surface area contributed by atoms with Gasteiger partial charge in [0.05, 0.1) is 12.2 Å². The van der Waals surface area contributed by atoms with Gasteiger partial charge in [-0.05, 0) is 130 Å². The number of thioether (sulfide) groups is 2. The number of phosphoric acid groups is 1. The number of phenols is 1. The summed E-state index contributed by atoms with van der Waals surface area (Å²) in [5, 5.41) is 62.0. The number of nitrogens with zero attached hydrogens (tertiary/aromatic N) is 2. The Labute approximate surface area is 667 Å². The van der Waals surface area contributed by atoms with Gasteiger partial charge in [-0.15, -0.1) is 0 Å². The normalized spacial score (nSPS) is 25.3. The molecule has 0 aliphatic carbocycles. The van der Waals surface area contributed by atoms with Gasteiger partial charge < -0.3 is 93.9 Å². The van der Waals surface area contributed by atoms with Crippen LogP contribution in [0.5, 0.6) is 11.5 Å². The number of hydrogen-bond acceptors (Lipinski definition) is 21. The van der Waals surface area contributed by atoms with Crippen LogP contribution in [0.25, 0.3) is 11.0 Å². The average Bonchev–Trinajstić information content (AvgIpc) is 1.32. The molecule has 1 fully saturated rings. The molecule has 114 heavy (non-hydrogen) atoms. The van der Waals surface area contributed by atoms with Crippen molar-refractivity contribution in [2.75, 3.05) is 18.1 Å². The molecule has 2 bridgehead atoms. The van der Waals surface area contributed by atoms with Gasteiger partial charge in [0.1, 0.15) is 88.6 Å². The number of aliphatic hydroxyl groups is 2. The number of carbonyl (C=O) groups is 13. The average molecular weight is 1640 g/mol. The van der Waals surface area contributed by atoms with Gasteiger partial charge in [0.25, 0.3) is 0 Å². The summed E-state index contributed by atoms with van der Waals surface area (Å²) < 4.78 is 16.4. The van der Waals surface area contributed by atoms with Crippen molar-refractivity contribution in [3.8, 4) is 11.5 Å². The van der Waals surface area contributed by atoms with Gasteiger partial charge in [0, 0.05) is 73.5 Å². The van der Waals surface area contributed by atoms with Crippen LogP contribution in [0.3, 0.4) is 0 Å². The van der Waals surface area contributed by atoms with Crippen molar-refractivity contribution in [2.24, 2.45) is 17.1 Å². The van der Waals surface area contributed by atoms with E-state index in [1.165, 1.54) is 138 Å². The van der Waals surface area contributed by atoms with Crippen LogP contribution in [0, 0.1) is 11.3 Å². The number of benzene rings is 3. The number of carbonyl (C=O) groups excluding carboxylic acids is 13. The van der Waals surface area contributed by atoms with E-state index in [1.54, 1.807) is 52.8 Å². The number of fused-ring (bicyclic) bond motifs is 4. The maximum absolute atomic E-state index is 15.2. The summed E-state index contributed by atoms with van der Waals surface area (Å²) in [6, 6.07) is 6.25. The maximum atomic E-state index is 15.2. The minimum Gasteiger partial charge on any atom is -0.508 e. The smallest absolute Gasteiger partial charge is 0.508 e. The van der Waals surface area contributed by atoms with Gasteiger partial charge in [-0.25, -0.2) is 9.55 Å². The molecule has 13 amide bonds. The highest BCUT2D eigenvalue weighted by Gasteiger charge is 2.46. The lowest BCUT2D eigenvalue weighted by molar-refractivity contribution is -0.143. The quantitative estimate of drug-likeness (QED) is 0.0693. The van der Waals surface area contributed by atoms with Crippen LogP contribution >= 0.6 is 31.3 Å². The topological polar surface area (TPSA) is 540 Å². The number of nitrogens with one attached hydrogen (secondary N) is 12. The lowest BCUT2D eigenvalue weighted by Crippen LogP contribution is -2.67. The van der Waals surface area contributed by atoms with Crippen molar-refractivity contribution in [1.29, 1.82) is 0 Å². The molecule has 0 unspecified atom stereocenters. The van der Waals surface area contributed by atoms with E-state index in [1.807, 2.05) is 18.2 Å². The summed E-state index contributed by atoms with van der Waals surface area (Å²) in [5.41, 5.74) is 3.89. The maximum Gasteiger partial charge on any atom is 0.524 e. The minimum absolute atomic E-state index is 0.00205. The van der Waals surface area contributed by atoms with Crippen molar-refractivity contribution in [2.45, 2.75) is 210 Å². The van der Waals surface area contributed by atoms with Gasteiger partial charge in [-0.1, -0.05) is 83.1 Å². The zero-order chi connectivity index (χ0) is 84.5. The highest BCUT2D eigenvalue weighted by molar-refractivity contribution is 7.98. The summed E-state index contributed by atoms with van der Waals surface area (Å²) in [4.78, 5) is 215. The van der Waals surface area contributed by atoms with Crippen LogP contribution in [-0.2, 0) is 97.7 Å². The molecule has 0 saturated carbocycles. The Bertz CT molecular complexity index is 4380. The molecule has 3 aromatic carbocycles. The molecule has 19 N–H and O–H groups in total. The van der Waals surface area contributed by atoms with Gasteiger partial charge in [0.2, 0.25) is 76.8 Å². The van der Waals surface area contributed by atoms with Crippen molar-refractivity contribution in [3.05, 3.63) is 125 Å². The Kier molecular flexibility index (Phi) is 31.7. The van der Waals surface area contributed by atoms with Gasteiger partial charge in [-0.2, -0.15) is 23.5 Å². The number of primary amides is 1. The van der Waals surface area contributed by atoms with Crippen molar-refractivity contribution < 1.29 is 96.5 Å². The largest absolute Gasteiger partial charge is 0.524 e. The fraction of sp³-hybridized carbons (Fsp3) is 0.500. The molecule has 13 atom stereocenters. The fourth-order valence-corrected chi connectivity index (χ4v) is 14.9. The first-order valence-electron chi connectivity index (χ1n) is 36.9. The molecule has 2 aliphatic heterocycles. The summed E-state index contributed by atoms with van der Waals surface area (Å²) in [6.07, 6.45) is -0.893. The number of pyridine rings is 1. The second-order valence-electron chi connectivity index (χ2n) is 30.5. The number of aromatic nitrogens is 2. The van der Waals surface area contributed by atoms with Crippen LogP contribution in [0.4, 0.5) is 0 Å². The first kappa shape index (κ1) is 91.0. The molecular formula is C76H104N15O20PS2. The lowest BCUT2D eigenvalue weighted by Gasteiger charge is -2.36. The van der Waals surface area contributed by atoms with E-state index in [0.717, 1.165) is 11.1 Å². The van der Waals surface area contributed by atoms with Crippen LogP contribution in [-0.4, -0.2) is 219 Å². The number of amides is 13. The monoisotopic (exact) mass is 1640 g/mol. The molecule has 38 heteroatoms. The van der Waals surface area contributed by atoms with E-state index in [4.69, 9.17) is 5.73 Å². The van der Waals surface area contributed by atoms with Crippen LogP contribution < -0.4 is 68.7 Å². The van der Waals surface area contributed by atoms with Crippen molar-refractivity contribution in [1.82, 2.24) is 73.4 Å². The Morgan fingerprint density at radius 1 is 0.667 bits per heavy atom. The van der Waals surface area contributed by atoms with Gasteiger partial charge >= 0.3 is 7.82 Å². The predicted octanol–water partition coefficient (Wildman–Crippen LogP) is 0.0608. The lowest BCUT2D eigenvalue weighted by atomic mass is 9.85. The molecule has 2 aromatic heterocycles. The highest BCUT2D eigenvalue weighted by Crippen LogP contribution is 2.38. The van der Waals surface area contributed by atoms with Crippen LogP contribution in [0.2, 0.25) is 0 Å². The third kappa shape index (κ3) is 25.7. The summed E-state index contributed by atoms with van der Waals surface area (Å²) in [7, 11) is -5.03. The molecule has 2 aliphatic rings. The minimum atomic E-state index is -5.03. The molecule has 35 nitrogen and oxygen atoms in total. The van der Waals surface area contributed by atoms with Crippen LogP contribution in [0.15, 0.2) is 97.3 Å². The molecule has 0 spiro atoms. The third-order valence-electron chi connectivity index (χ3n) is 19.4. The summed E-state index contributed by atoms with van der Waals surface area (Å²) in [6.45, 7) is 16.8. The fourth-order valence-electron chi connectivity index (χ4n) is 12.5. The second-order valence-corrected chi connectivity index (χ2v) is 33.8. The number of aromatic amines is 1. The number of phenolic OH excluding ortho intramolecular Hbond substituents is 1. The Morgan fingerprint density at radius 2 is 1.23 bits per heavy atom. The molecular weight excluding hydrogens is 1540 g/mol. The number of rotatable bonds is 13. The summed E-state index contributed by atoms with van der Waals surface area (Å²) in [5.74, 6) is -12.7. The molecule has 5 aromatic rings. The number of aromatic hydroxyl groups is 1.